The maximum atomic E-state index is 14.8. The van der Waals surface area contributed by atoms with E-state index in [2.05, 4.69) is 19.9 Å². The summed E-state index contributed by atoms with van der Waals surface area (Å²) in [6.07, 6.45) is 11.2. The van der Waals surface area contributed by atoms with Gasteiger partial charge in [0, 0.05) is 35.8 Å². The number of nitrogens with two attached hydrogens (primary N) is 2. The fraction of sp³-hybridized carbons (Fsp3) is 0.273. The highest BCUT2D eigenvalue weighted by Gasteiger charge is 2.35. The van der Waals surface area contributed by atoms with E-state index < -0.39 is 11.4 Å². The van der Waals surface area contributed by atoms with Crippen molar-refractivity contribution in [1.29, 1.82) is 0 Å². The Hall–Kier alpha value is -3.23. The van der Waals surface area contributed by atoms with E-state index in [0.717, 1.165) is 24.0 Å². The van der Waals surface area contributed by atoms with Crippen LogP contribution in [0.3, 0.4) is 0 Å². The van der Waals surface area contributed by atoms with Crippen molar-refractivity contribution in [2.75, 3.05) is 0 Å². The highest BCUT2D eigenvalue weighted by molar-refractivity contribution is 5.67. The molecular weight excluding hydrogens is 381 g/mol. The number of pyridine rings is 2. The summed E-state index contributed by atoms with van der Waals surface area (Å²) < 4.78 is 16.6. The molecule has 0 spiro atoms. The first-order valence-corrected chi connectivity index (χ1v) is 9.99. The third-order valence-electron chi connectivity index (χ3n) is 5.86. The van der Waals surface area contributed by atoms with Crippen LogP contribution in [0.25, 0.3) is 28.2 Å². The molecule has 1 fully saturated rings. The molecule has 1 aliphatic rings. The van der Waals surface area contributed by atoms with E-state index in [-0.39, 0.29) is 11.7 Å². The van der Waals surface area contributed by atoms with Crippen LogP contribution in [0.2, 0.25) is 0 Å². The number of hydrogen-bond acceptors (Lipinski definition) is 6. The van der Waals surface area contributed by atoms with Crippen LogP contribution in [0.4, 0.5) is 4.39 Å². The fourth-order valence-electron chi connectivity index (χ4n) is 4.03. The van der Waals surface area contributed by atoms with Gasteiger partial charge in [0.1, 0.15) is 17.2 Å². The molecule has 1 aliphatic carbocycles. The Bertz CT molecular complexity index is 1200. The second kappa shape index (κ2) is 7.23. The number of aromatic nitrogens is 5. The first-order chi connectivity index (χ1) is 14.5. The predicted octanol–water partition coefficient (Wildman–Crippen LogP) is 3.05. The molecule has 4 aromatic heterocycles. The fourth-order valence-corrected chi connectivity index (χ4v) is 4.03. The summed E-state index contributed by atoms with van der Waals surface area (Å²) in [5.41, 5.74) is 15.3. The molecule has 0 unspecified atom stereocenters. The van der Waals surface area contributed by atoms with Crippen LogP contribution in [-0.4, -0.2) is 30.4 Å². The quantitative estimate of drug-likeness (QED) is 0.544. The van der Waals surface area contributed by atoms with Gasteiger partial charge in [0.15, 0.2) is 5.82 Å². The van der Waals surface area contributed by atoms with Gasteiger partial charge < -0.3 is 11.5 Å². The molecule has 0 saturated heterocycles. The van der Waals surface area contributed by atoms with Crippen LogP contribution < -0.4 is 11.5 Å². The summed E-state index contributed by atoms with van der Waals surface area (Å²) in [4.78, 5) is 17.4. The first kappa shape index (κ1) is 18.8. The average molecular weight is 403 g/mol. The Kier molecular flexibility index (Phi) is 4.52. The van der Waals surface area contributed by atoms with Crippen LogP contribution in [0.5, 0.6) is 0 Å². The van der Waals surface area contributed by atoms with Gasteiger partial charge in [0.2, 0.25) is 0 Å². The Balaban J connectivity index is 1.60. The van der Waals surface area contributed by atoms with Gasteiger partial charge >= 0.3 is 0 Å². The van der Waals surface area contributed by atoms with Crippen LogP contribution in [0.1, 0.15) is 31.5 Å². The molecule has 152 valence electrons. The average Bonchev–Trinajstić information content (AvgIpc) is 3.20. The highest BCUT2D eigenvalue weighted by Crippen LogP contribution is 2.34. The number of fused-ring (bicyclic) bond motifs is 1. The third-order valence-corrected chi connectivity index (χ3v) is 5.86. The minimum absolute atomic E-state index is 0.145. The zero-order valence-corrected chi connectivity index (χ0v) is 16.4. The maximum absolute atomic E-state index is 14.8. The SMILES string of the molecule is NC1CCC(N)(c2ncc(F)c(-c3cnc4ccc(-c5cccnc5)cn34)n2)CC1. The van der Waals surface area contributed by atoms with E-state index in [4.69, 9.17) is 11.5 Å². The van der Waals surface area contributed by atoms with Crippen molar-refractivity contribution in [2.45, 2.75) is 37.3 Å². The minimum atomic E-state index is -0.695. The normalized spacial score (nSPS) is 21.8. The maximum Gasteiger partial charge on any atom is 0.169 e. The van der Waals surface area contributed by atoms with E-state index >= 15 is 0 Å². The highest BCUT2D eigenvalue weighted by atomic mass is 19.1. The molecule has 5 rings (SSSR count). The lowest BCUT2D eigenvalue weighted by Crippen LogP contribution is -2.45. The van der Waals surface area contributed by atoms with Gasteiger partial charge in [-0.2, -0.15) is 0 Å². The molecule has 0 amide bonds. The Morgan fingerprint density at radius 3 is 2.63 bits per heavy atom. The van der Waals surface area contributed by atoms with Gasteiger partial charge in [-0.15, -0.1) is 0 Å². The third kappa shape index (κ3) is 3.24. The number of imidazole rings is 1. The molecule has 0 aromatic carbocycles. The topological polar surface area (TPSA) is 108 Å². The largest absolute Gasteiger partial charge is 0.328 e. The van der Waals surface area contributed by atoms with Crippen LogP contribution in [0.15, 0.2) is 55.2 Å². The molecular formula is C22H22FN7. The molecule has 4 heterocycles. The molecule has 0 aliphatic heterocycles. The van der Waals surface area contributed by atoms with E-state index in [1.165, 1.54) is 6.20 Å². The van der Waals surface area contributed by atoms with Gasteiger partial charge in [-0.05, 0) is 43.9 Å². The van der Waals surface area contributed by atoms with E-state index in [1.807, 2.05) is 34.9 Å². The smallest absolute Gasteiger partial charge is 0.169 e. The summed E-state index contributed by atoms with van der Waals surface area (Å²) in [6.45, 7) is 0. The predicted molar refractivity (Wildman–Crippen MR) is 112 cm³/mol. The van der Waals surface area contributed by atoms with Gasteiger partial charge in [-0.3, -0.25) is 9.38 Å². The molecule has 7 nitrogen and oxygen atoms in total. The van der Waals surface area contributed by atoms with Crippen molar-refractivity contribution in [1.82, 2.24) is 24.3 Å². The van der Waals surface area contributed by atoms with E-state index in [1.54, 1.807) is 18.6 Å². The summed E-state index contributed by atoms with van der Waals surface area (Å²) in [6, 6.07) is 7.84. The van der Waals surface area contributed by atoms with E-state index in [9.17, 15) is 4.39 Å². The summed E-state index contributed by atoms with van der Waals surface area (Å²) in [5.74, 6) is -0.0624. The van der Waals surface area contributed by atoms with Gasteiger partial charge in [0.05, 0.1) is 23.6 Å². The van der Waals surface area contributed by atoms with Crippen molar-refractivity contribution in [3.63, 3.8) is 0 Å². The summed E-state index contributed by atoms with van der Waals surface area (Å²) >= 11 is 0. The molecule has 0 radical (unpaired) electrons. The lowest BCUT2D eigenvalue weighted by Gasteiger charge is -2.34. The molecule has 0 bridgehead atoms. The zero-order valence-electron chi connectivity index (χ0n) is 16.4. The van der Waals surface area contributed by atoms with Crippen molar-refractivity contribution in [3.8, 4) is 22.5 Å². The lowest BCUT2D eigenvalue weighted by atomic mass is 9.80. The monoisotopic (exact) mass is 403 g/mol. The van der Waals surface area contributed by atoms with Crippen molar-refractivity contribution < 1.29 is 4.39 Å². The number of nitrogens with zero attached hydrogens (tertiary/aromatic N) is 5. The van der Waals surface area contributed by atoms with Crippen molar-refractivity contribution >= 4 is 5.65 Å². The van der Waals surface area contributed by atoms with Crippen LogP contribution >= 0.6 is 0 Å². The minimum Gasteiger partial charge on any atom is -0.328 e. The Morgan fingerprint density at radius 1 is 1.03 bits per heavy atom. The van der Waals surface area contributed by atoms with Crippen molar-refractivity contribution in [2.24, 2.45) is 11.5 Å². The summed E-state index contributed by atoms with van der Waals surface area (Å²) in [7, 11) is 0. The second-order valence-electron chi connectivity index (χ2n) is 7.91. The molecule has 30 heavy (non-hydrogen) atoms. The second-order valence-corrected chi connectivity index (χ2v) is 7.91. The van der Waals surface area contributed by atoms with Gasteiger partial charge in [-0.1, -0.05) is 6.07 Å². The summed E-state index contributed by atoms with van der Waals surface area (Å²) in [5, 5.41) is 0. The molecule has 0 atom stereocenters. The molecule has 8 heteroatoms. The van der Waals surface area contributed by atoms with Crippen LogP contribution in [0, 0.1) is 5.82 Å². The standard InChI is InChI=1S/C22H22FN7/c23-17-11-28-21(22(25)7-5-16(24)6-8-22)29-20(17)18-12-27-19-4-3-15(13-30(18)19)14-2-1-9-26-10-14/h1-4,9-13,16H,5-8,24-25H2. The molecule has 4 N–H and O–H groups in total. The Labute approximate surface area is 173 Å². The first-order valence-electron chi connectivity index (χ1n) is 9.99. The number of hydrogen-bond donors (Lipinski definition) is 2. The van der Waals surface area contributed by atoms with Crippen LogP contribution in [-0.2, 0) is 5.54 Å². The van der Waals surface area contributed by atoms with Crippen molar-refractivity contribution in [3.05, 3.63) is 66.9 Å². The Morgan fingerprint density at radius 2 is 1.87 bits per heavy atom. The number of rotatable bonds is 3. The zero-order chi connectivity index (χ0) is 20.7. The van der Waals surface area contributed by atoms with Gasteiger partial charge in [-0.25, -0.2) is 19.3 Å². The van der Waals surface area contributed by atoms with Gasteiger partial charge in [0.25, 0.3) is 0 Å². The number of halogens is 1. The van der Waals surface area contributed by atoms with E-state index in [0.29, 0.717) is 30.0 Å². The lowest BCUT2D eigenvalue weighted by molar-refractivity contribution is 0.264. The molecule has 1 saturated carbocycles. The molecule has 4 aromatic rings.